The maximum absolute atomic E-state index is 11.7. The summed E-state index contributed by atoms with van der Waals surface area (Å²) in [6, 6.07) is 9.33. The van der Waals surface area contributed by atoms with Crippen molar-refractivity contribution in [1.29, 1.82) is 0 Å². The lowest BCUT2D eigenvalue weighted by Gasteiger charge is -2.06. The van der Waals surface area contributed by atoms with E-state index in [0.717, 1.165) is 23.8 Å². The molecule has 0 N–H and O–H groups in total. The van der Waals surface area contributed by atoms with Crippen LogP contribution in [0, 0.1) is 0 Å². The topological polar surface area (TPSA) is 30.2 Å². The summed E-state index contributed by atoms with van der Waals surface area (Å²) in [5, 5.41) is 1.01. The summed E-state index contributed by atoms with van der Waals surface area (Å²) in [6.45, 7) is 4.41. The predicted molar refractivity (Wildman–Crippen MR) is 89.5 cm³/mol. The molecular formula is C19H24O2. The molecule has 0 atom stereocenters. The van der Waals surface area contributed by atoms with Crippen LogP contribution in [0.25, 0.3) is 17.0 Å². The first-order valence-electron chi connectivity index (χ1n) is 7.97. The fraction of sp³-hybridized carbons (Fsp3) is 0.421. The third kappa shape index (κ3) is 4.32. The standard InChI is InChI=1S/C19H24O2/c1-3-5-6-7-10-15(4-2)13-16-14-19(20)21-18-12-9-8-11-17(16)18/h8-9,11-14H,3-7,10H2,1-2H3. The lowest BCUT2D eigenvalue weighted by Crippen LogP contribution is -1.98. The minimum Gasteiger partial charge on any atom is -0.423 e. The molecule has 0 radical (unpaired) electrons. The lowest BCUT2D eigenvalue weighted by molar-refractivity contribution is 0.560. The Morgan fingerprint density at radius 3 is 2.71 bits per heavy atom. The quantitative estimate of drug-likeness (QED) is 0.492. The average Bonchev–Trinajstić information content (AvgIpc) is 2.50. The van der Waals surface area contributed by atoms with Gasteiger partial charge in [-0.05, 0) is 30.9 Å². The van der Waals surface area contributed by atoms with E-state index < -0.39 is 0 Å². The Morgan fingerprint density at radius 2 is 1.95 bits per heavy atom. The van der Waals surface area contributed by atoms with Crippen molar-refractivity contribution in [2.24, 2.45) is 0 Å². The molecule has 0 spiro atoms. The van der Waals surface area contributed by atoms with Crippen molar-refractivity contribution >= 4 is 17.0 Å². The van der Waals surface area contributed by atoms with E-state index >= 15 is 0 Å². The number of hydrogen-bond acceptors (Lipinski definition) is 2. The Balaban J connectivity index is 2.27. The molecule has 0 bridgehead atoms. The van der Waals surface area contributed by atoms with Gasteiger partial charge in [-0.3, -0.25) is 0 Å². The van der Waals surface area contributed by atoms with Crippen molar-refractivity contribution in [2.45, 2.75) is 52.4 Å². The Labute approximate surface area is 126 Å². The van der Waals surface area contributed by atoms with Crippen LogP contribution in [0.5, 0.6) is 0 Å². The van der Waals surface area contributed by atoms with Crippen LogP contribution in [0.3, 0.4) is 0 Å². The second-order valence-corrected chi connectivity index (χ2v) is 5.48. The van der Waals surface area contributed by atoms with E-state index in [-0.39, 0.29) is 5.63 Å². The minimum atomic E-state index is -0.276. The molecule has 0 amide bonds. The zero-order valence-electron chi connectivity index (χ0n) is 13.0. The molecule has 2 heteroatoms. The van der Waals surface area contributed by atoms with Crippen LogP contribution < -0.4 is 5.63 Å². The van der Waals surface area contributed by atoms with E-state index in [0.29, 0.717) is 5.58 Å². The molecule has 0 aliphatic carbocycles. The second-order valence-electron chi connectivity index (χ2n) is 5.48. The third-order valence-electron chi connectivity index (χ3n) is 3.85. The number of unbranched alkanes of at least 4 members (excludes halogenated alkanes) is 3. The molecule has 1 aromatic heterocycles. The fourth-order valence-electron chi connectivity index (χ4n) is 2.61. The maximum Gasteiger partial charge on any atom is 0.336 e. The summed E-state index contributed by atoms with van der Waals surface area (Å²) in [5.41, 5.74) is 2.77. The molecule has 0 unspecified atom stereocenters. The van der Waals surface area contributed by atoms with Gasteiger partial charge in [0, 0.05) is 11.5 Å². The Hall–Kier alpha value is -1.83. The molecule has 0 saturated carbocycles. The van der Waals surface area contributed by atoms with Gasteiger partial charge in [-0.15, -0.1) is 0 Å². The van der Waals surface area contributed by atoms with E-state index in [4.69, 9.17) is 4.42 Å². The number of fused-ring (bicyclic) bond motifs is 1. The van der Waals surface area contributed by atoms with Gasteiger partial charge < -0.3 is 4.42 Å². The number of allylic oxidation sites excluding steroid dienone is 1. The number of rotatable bonds is 7. The van der Waals surface area contributed by atoms with Gasteiger partial charge in [0.1, 0.15) is 5.58 Å². The van der Waals surface area contributed by atoms with Crippen LogP contribution in [-0.4, -0.2) is 0 Å². The second kappa shape index (κ2) is 7.82. The smallest absolute Gasteiger partial charge is 0.336 e. The van der Waals surface area contributed by atoms with Gasteiger partial charge in [-0.1, -0.05) is 63.0 Å². The fourth-order valence-corrected chi connectivity index (χ4v) is 2.61. The lowest BCUT2D eigenvalue weighted by atomic mass is 10.0. The molecule has 1 aromatic carbocycles. The summed E-state index contributed by atoms with van der Waals surface area (Å²) >= 11 is 0. The Kier molecular flexibility index (Phi) is 5.79. The average molecular weight is 284 g/mol. The molecule has 0 saturated heterocycles. The summed E-state index contributed by atoms with van der Waals surface area (Å²) in [7, 11) is 0. The molecule has 1 heterocycles. The normalized spacial score (nSPS) is 12.0. The summed E-state index contributed by atoms with van der Waals surface area (Å²) < 4.78 is 5.25. The number of hydrogen-bond donors (Lipinski definition) is 0. The molecule has 2 rings (SSSR count). The zero-order chi connectivity index (χ0) is 15.1. The van der Waals surface area contributed by atoms with Gasteiger partial charge in [0.2, 0.25) is 0 Å². The first kappa shape index (κ1) is 15.6. The SMILES string of the molecule is CCCCCCC(=Cc1cc(=O)oc2ccccc12)CC. The van der Waals surface area contributed by atoms with Gasteiger partial charge in [0.05, 0.1) is 0 Å². The third-order valence-corrected chi connectivity index (χ3v) is 3.85. The molecule has 21 heavy (non-hydrogen) atoms. The van der Waals surface area contributed by atoms with Gasteiger partial charge in [-0.2, -0.15) is 0 Å². The maximum atomic E-state index is 11.7. The molecule has 2 aromatic rings. The molecule has 0 aliphatic rings. The molecule has 112 valence electrons. The summed E-state index contributed by atoms with van der Waals surface area (Å²) in [5.74, 6) is 0. The first-order chi connectivity index (χ1) is 10.2. The summed E-state index contributed by atoms with van der Waals surface area (Å²) in [6.07, 6.45) is 9.39. The first-order valence-corrected chi connectivity index (χ1v) is 7.97. The number of para-hydroxylation sites is 1. The van der Waals surface area contributed by atoms with Crippen LogP contribution in [-0.2, 0) is 0 Å². The van der Waals surface area contributed by atoms with E-state index in [1.54, 1.807) is 6.07 Å². The highest BCUT2D eigenvalue weighted by atomic mass is 16.4. The van der Waals surface area contributed by atoms with Crippen LogP contribution in [0.2, 0.25) is 0 Å². The van der Waals surface area contributed by atoms with E-state index in [9.17, 15) is 4.79 Å². The van der Waals surface area contributed by atoms with Crippen molar-refractivity contribution in [2.75, 3.05) is 0 Å². The van der Waals surface area contributed by atoms with Crippen molar-refractivity contribution in [3.05, 3.63) is 51.9 Å². The van der Waals surface area contributed by atoms with E-state index in [1.165, 1.54) is 31.3 Å². The van der Waals surface area contributed by atoms with Crippen LogP contribution in [0.1, 0.15) is 57.9 Å². The number of benzene rings is 1. The van der Waals surface area contributed by atoms with Gasteiger partial charge >= 0.3 is 5.63 Å². The van der Waals surface area contributed by atoms with Gasteiger partial charge in [0.25, 0.3) is 0 Å². The van der Waals surface area contributed by atoms with Gasteiger partial charge in [0.15, 0.2) is 0 Å². The van der Waals surface area contributed by atoms with E-state index in [1.807, 2.05) is 24.3 Å². The monoisotopic (exact) mass is 284 g/mol. The van der Waals surface area contributed by atoms with Crippen molar-refractivity contribution in [1.82, 2.24) is 0 Å². The highest BCUT2D eigenvalue weighted by Crippen LogP contribution is 2.22. The van der Waals surface area contributed by atoms with Crippen LogP contribution in [0.4, 0.5) is 0 Å². The predicted octanol–water partition coefficient (Wildman–Crippen LogP) is 5.56. The van der Waals surface area contributed by atoms with Crippen LogP contribution >= 0.6 is 0 Å². The highest BCUT2D eigenvalue weighted by Gasteiger charge is 2.04. The Morgan fingerprint density at radius 1 is 1.14 bits per heavy atom. The van der Waals surface area contributed by atoms with Crippen molar-refractivity contribution in [3.63, 3.8) is 0 Å². The van der Waals surface area contributed by atoms with Crippen LogP contribution in [0.15, 0.2) is 45.1 Å². The molecule has 0 aliphatic heterocycles. The molecular weight excluding hydrogens is 260 g/mol. The van der Waals surface area contributed by atoms with Gasteiger partial charge in [-0.25, -0.2) is 4.79 Å². The zero-order valence-corrected chi connectivity index (χ0v) is 13.0. The Bertz CT molecular complexity index is 665. The molecule has 2 nitrogen and oxygen atoms in total. The summed E-state index contributed by atoms with van der Waals surface area (Å²) in [4.78, 5) is 11.7. The minimum absolute atomic E-state index is 0.276. The highest BCUT2D eigenvalue weighted by molar-refractivity contribution is 5.86. The van der Waals surface area contributed by atoms with Crippen molar-refractivity contribution < 1.29 is 4.42 Å². The molecule has 0 fully saturated rings. The van der Waals surface area contributed by atoms with E-state index in [2.05, 4.69) is 19.9 Å². The largest absolute Gasteiger partial charge is 0.423 e. The van der Waals surface area contributed by atoms with Crippen molar-refractivity contribution in [3.8, 4) is 0 Å².